The second-order valence-corrected chi connectivity index (χ2v) is 3.39. The fourth-order valence-corrected chi connectivity index (χ4v) is 0.200. The molecule has 4 heteroatoms. The van der Waals surface area contributed by atoms with Crippen molar-refractivity contribution in [3.63, 3.8) is 0 Å². The lowest BCUT2D eigenvalue weighted by atomic mass is 10.4. The third-order valence-electron chi connectivity index (χ3n) is 1.000. The lowest BCUT2D eigenvalue weighted by Crippen LogP contribution is -1.90. The van der Waals surface area contributed by atoms with E-state index in [1.54, 1.807) is 0 Å². The van der Waals surface area contributed by atoms with Crippen LogP contribution in [0.25, 0.3) is 0 Å². The van der Waals surface area contributed by atoms with Gasteiger partial charge in [0.25, 0.3) is 0 Å². The smallest absolute Gasteiger partial charge is 0.160 e. The molecule has 2 aliphatic rings. The Balaban J connectivity index is 0.000000167. The van der Waals surface area contributed by atoms with Crippen molar-refractivity contribution in [1.82, 2.24) is 0 Å². The summed E-state index contributed by atoms with van der Waals surface area (Å²) in [5.41, 5.74) is 0. The predicted octanol–water partition coefficient (Wildman–Crippen LogP) is 3.01. The molecule has 2 aliphatic heterocycles. The van der Waals surface area contributed by atoms with Gasteiger partial charge in [0.05, 0.1) is 0 Å². The van der Waals surface area contributed by atoms with E-state index in [9.17, 15) is 0 Å². The number of hydrogen-bond donors (Lipinski definition) is 0. The molecule has 2 heterocycles. The first-order chi connectivity index (χ1) is 4.41. The minimum atomic E-state index is 0. The summed E-state index contributed by atoms with van der Waals surface area (Å²) in [6.07, 6.45) is 0. The Labute approximate surface area is 67.8 Å². The molecule has 64 valence electrons. The Morgan fingerprint density at radius 2 is 0.727 bits per heavy atom. The first-order valence-electron chi connectivity index (χ1n) is 3.29. The SMILES string of the molecule is C.CC1(C)N=N1.CC1(C)N=N1. The molecule has 0 amide bonds. The first-order valence-corrected chi connectivity index (χ1v) is 3.29. The summed E-state index contributed by atoms with van der Waals surface area (Å²) in [6.45, 7) is 7.86. The molecule has 0 aromatic heterocycles. The van der Waals surface area contributed by atoms with E-state index in [-0.39, 0.29) is 18.8 Å². The molecule has 0 N–H and O–H groups in total. The Kier molecular flexibility index (Phi) is 2.48. The minimum absolute atomic E-state index is 0. The average Bonchev–Trinajstić information content (AvgIpc) is 2.56. The van der Waals surface area contributed by atoms with E-state index < -0.39 is 0 Å². The van der Waals surface area contributed by atoms with Gasteiger partial charge in [0, 0.05) is 0 Å². The summed E-state index contributed by atoms with van der Waals surface area (Å²) in [5, 5.41) is 14.6. The van der Waals surface area contributed by atoms with Gasteiger partial charge in [-0.3, -0.25) is 0 Å². The van der Waals surface area contributed by atoms with Crippen LogP contribution in [0.2, 0.25) is 0 Å². The molecule has 0 fully saturated rings. The van der Waals surface area contributed by atoms with Crippen molar-refractivity contribution in [3.8, 4) is 0 Å². The molecule has 0 saturated heterocycles. The van der Waals surface area contributed by atoms with Crippen molar-refractivity contribution in [3.05, 3.63) is 0 Å². The summed E-state index contributed by atoms with van der Waals surface area (Å²) in [6, 6.07) is 0. The van der Waals surface area contributed by atoms with E-state index in [1.807, 2.05) is 27.7 Å². The van der Waals surface area contributed by atoms with E-state index in [0.717, 1.165) is 0 Å². The van der Waals surface area contributed by atoms with Gasteiger partial charge in [-0.15, -0.1) is 0 Å². The number of nitrogens with zero attached hydrogens (tertiary/aromatic N) is 4. The van der Waals surface area contributed by atoms with Gasteiger partial charge in [-0.2, -0.15) is 20.5 Å². The Hall–Kier alpha value is -0.800. The second-order valence-electron chi connectivity index (χ2n) is 3.39. The molecule has 0 aromatic carbocycles. The molecule has 11 heavy (non-hydrogen) atoms. The maximum absolute atomic E-state index is 3.66. The van der Waals surface area contributed by atoms with E-state index in [2.05, 4.69) is 20.5 Å². The molecule has 0 spiro atoms. The van der Waals surface area contributed by atoms with Crippen LogP contribution in [0.3, 0.4) is 0 Å². The minimum Gasteiger partial charge on any atom is -0.160 e. The third-order valence-corrected chi connectivity index (χ3v) is 1.000. The molecule has 2 rings (SSSR count). The van der Waals surface area contributed by atoms with E-state index in [1.165, 1.54) is 0 Å². The topological polar surface area (TPSA) is 49.4 Å². The zero-order valence-electron chi connectivity index (χ0n) is 6.79. The number of rotatable bonds is 0. The average molecular weight is 156 g/mol. The summed E-state index contributed by atoms with van der Waals surface area (Å²) in [7, 11) is 0. The summed E-state index contributed by atoms with van der Waals surface area (Å²) >= 11 is 0. The van der Waals surface area contributed by atoms with Crippen LogP contribution < -0.4 is 0 Å². The van der Waals surface area contributed by atoms with Crippen molar-refractivity contribution in [2.45, 2.75) is 46.4 Å². The molecule has 0 aliphatic carbocycles. The van der Waals surface area contributed by atoms with Crippen LogP contribution in [0.1, 0.15) is 35.1 Å². The fraction of sp³-hybridized carbons (Fsp3) is 1.00. The number of hydrogen-bond acceptors (Lipinski definition) is 4. The van der Waals surface area contributed by atoms with E-state index >= 15 is 0 Å². The van der Waals surface area contributed by atoms with Gasteiger partial charge in [0.2, 0.25) is 0 Å². The van der Waals surface area contributed by atoms with Gasteiger partial charge in [-0.25, -0.2) is 0 Å². The summed E-state index contributed by atoms with van der Waals surface area (Å²) in [5.74, 6) is 0. The molecular formula is C7H16N4. The van der Waals surface area contributed by atoms with Crippen molar-refractivity contribution in [2.24, 2.45) is 20.5 Å². The van der Waals surface area contributed by atoms with Gasteiger partial charge in [0.1, 0.15) is 0 Å². The van der Waals surface area contributed by atoms with Gasteiger partial charge in [-0.1, -0.05) is 7.43 Å². The van der Waals surface area contributed by atoms with E-state index in [0.29, 0.717) is 0 Å². The van der Waals surface area contributed by atoms with Crippen LogP contribution in [-0.4, -0.2) is 11.3 Å². The maximum Gasteiger partial charge on any atom is 0.185 e. The van der Waals surface area contributed by atoms with Crippen molar-refractivity contribution < 1.29 is 0 Å². The molecule has 0 bridgehead atoms. The zero-order valence-corrected chi connectivity index (χ0v) is 6.79. The third kappa shape index (κ3) is 5.63. The Morgan fingerprint density at radius 3 is 0.727 bits per heavy atom. The highest BCUT2D eigenvalue weighted by Crippen LogP contribution is 2.24. The molecule has 4 nitrogen and oxygen atoms in total. The van der Waals surface area contributed by atoms with E-state index in [4.69, 9.17) is 0 Å². The monoisotopic (exact) mass is 156 g/mol. The molecule has 0 atom stereocenters. The maximum atomic E-state index is 3.66. The summed E-state index contributed by atoms with van der Waals surface area (Å²) in [4.78, 5) is 0. The largest absolute Gasteiger partial charge is 0.185 e. The standard InChI is InChI=1S/2C3H6N2.CH4/c2*1-3(2)4-5-3;/h2*1-2H3;1H4. The molecule has 0 radical (unpaired) electrons. The van der Waals surface area contributed by atoms with Gasteiger partial charge in [0.15, 0.2) is 11.3 Å². The second kappa shape index (κ2) is 2.68. The van der Waals surface area contributed by atoms with Crippen molar-refractivity contribution >= 4 is 0 Å². The highest BCUT2D eigenvalue weighted by atomic mass is 15.4. The molecule has 0 aromatic rings. The lowest BCUT2D eigenvalue weighted by molar-refractivity contribution is 0.752. The fourth-order valence-electron chi connectivity index (χ4n) is 0.200. The first kappa shape index (κ1) is 10.2. The van der Waals surface area contributed by atoms with Crippen molar-refractivity contribution in [2.75, 3.05) is 0 Å². The highest BCUT2D eigenvalue weighted by Gasteiger charge is 2.25. The Morgan fingerprint density at radius 1 is 0.636 bits per heavy atom. The van der Waals surface area contributed by atoms with Gasteiger partial charge < -0.3 is 0 Å². The molecule has 0 saturated carbocycles. The molecule has 0 unspecified atom stereocenters. The van der Waals surface area contributed by atoms with Crippen LogP contribution in [0.5, 0.6) is 0 Å². The Bertz CT molecular complexity index is 153. The van der Waals surface area contributed by atoms with Gasteiger partial charge >= 0.3 is 0 Å². The van der Waals surface area contributed by atoms with Crippen LogP contribution >= 0.6 is 0 Å². The predicted molar refractivity (Wildman–Crippen MR) is 44.6 cm³/mol. The molecular weight excluding hydrogens is 140 g/mol. The van der Waals surface area contributed by atoms with Gasteiger partial charge in [-0.05, 0) is 27.7 Å². The van der Waals surface area contributed by atoms with Crippen LogP contribution in [-0.2, 0) is 0 Å². The zero-order chi connectivity index (χ0) is 7.83. The highest BCUT2D eigenvalue weighted by molar-refractivity contribution is 4.81. The van der Waals surface area contributed by atoms with Crippen LogP contribution in [0.4, 0.5) is 0 Å². The van der Waals surface area contributed by atoms with Crippen LogP contribution in [0, 0.1) is 0 Å². The normalized spacial score (nSPS) is 24.4. The summed E-state index contributed by atoms with van der Waals surface area (Å²) < 4.78 is 0. The lowest BCUT2D eigenvalue weighted by Gasteiger charge is -1.79. The van der Waals surface area contributed by atoms with Crippen molar-refractivity contribution in [1.29, 1.82) is 0 Å². The van der Waals surface area contributed by atoms with Crippen LogP contribution in [0.15, 0.2) is 20.5 Å². The quantitative estimate of drug-likeness (QED) is 0.517.